The summed E-state index contributed by atoms with van der Waals surface area (Å²) in [4.78, 5) is 11.1. The first kappa shape index (κ1) is 11.6. The monoisotopic (exact) mass is 221 g/mol. The molecule has 0 bridgehead atoms. The maximum Gasteiger partial charge on any atom is 0.159 e. The van der Waals surface area contributed by atoms with Gasteiger partial charge in [0.15, 0.2) is 5.78 Å². The molecular formula is C12H12ClNO. The smallest absolute Gasteiger partial charge is 0.159 e. The number of hydrogen-bond donors (Lipinski definition) is 1. The van der Waals surface area contributed by atoms with Crippen LogP contribution in [0.5, 0.6) is 0 Å². The molecule has 0 aromatic heterocycles. The fourth-order valence-corrected chi connectivity index (χ4v) is 1.20. The van der Waals surface area contributed by atoms with E-state index in [2.05, 4.69) is 11.8 Å². The van der Waals surface area contributed by atoms with E-state index in [9.17, 15) is 4.79 Å². The maximum absolute atomic E-state index is 11.1. The summed E-state index contributed by atoms with van der Waals surface area (Å²) >= 11 is 5.50. The number of nitrogens with two attached hydrogens (primary N) is 1. The molecule has 0 unspecified atom stereocenters. The zero-order valence-electron chi connectivity index (χ0n) is 8.51. The summed E-state index contributed by atoms with van der Waals surface area (Å²) in [5.74, 6) is 6.32. The first-order valence-electron chi connectivity index (χ1n) is 4.60. The van der Waals surface area contributed by atoms with Crippen molar-refractivity contribution in [1.82, 2.24) is 0 Å². The number of carbonyl (C=O) groups is 1. The summed E-state index contributed by atoms with van der Waals surface area (Å²) < 4.78 is 0. The quantitative estimate of drug-likeness (QED) is 0.361. The fraction of sp³-hybridized carbons (Fsp3) is 0.250. The minimum atomic E-state index is 0.00182. The van der Waals surface area contributed by atoms with Gasteiger partial charge in [-0.15, -0.1) is 11.6 Å². The van der Waals surface area contributed by atoms with Gasteiger partial charge in [0.1, 0.15) is 0 Å². The van der Waals surface area contributed by atoms with Gasteiger partial charge in [0.05, 0.1) is 0 Å². The molecule has 2 nitrogen and oxygen atoms in total. The zero-order valence-corrected chi connectivity index (χ0v) is 9.27. The van der Waals surface area contributed by atoms with E-state index in [4.69, 9.17) is 17.3 Å². The number of ketones is 1. The van der Waals surface area contributed by atoms with Gasteiger partial charge in [0.25, 0.3) is 0 Å². The molecule has 3 heteroatoms. The topological polar surface area (TPSA) is 43.1 Å². The molecule has 0 atom stereocenters. The summed E-state index contributed by atoms with van der Waals surface area (Å²) in [6, 6.07) is 5.13. The predicted molar refractivity (Wildman–Crippen MR) is 63.1 cm³/mol. The fourth-order valence-electron chi connectivity index (χ4n) is 1.10. The first-order chi connectivity index (χ1) is 7.15. The third-order valence-corrected chi connectivity index (χ3v) is 2.09. The molecule has 0 aliphatic heterocycles. The third-order valence-electron chi connectivity index (χ3n) is 1.90. The Balaban J connectivity index is 2.95. The Morgan fingerprint density at radius 3 is 2.80 bits per heavy atom. The molecule has 1 rings (SSSR count). The summed E-state index contributed by atoms with van der Waals surface area (Å²) in [6.45, 7) is 1.51. The summed E-state index contributed by atoms with van der Waals surface area (Å²) in [6.07, 6.45) is 0.634. The van der Waals surface area contributed by atoms with Gasteiger partial charge in [0.2, 0.25) is 0 Å². The van der Waals surface area contributed by atoms with E-state index in [0.717, 1.165) is 5.56 Å². The van der Waals surface area contributed by atoms with Crippen molar-refractivity contribution in [3.63, 3.8) is 0 Å². The molecule has 0 aliphatic rings. The molecule has 0 saturated carbocycles. The van der Waals surface area contributed by atoms with Gasteiger partial charge >= 0.3 is 0 Å². The molecule has 2 N–H and O–H groups in total. The van der Waals surface area contributed by atoms with Crippen LogP contribution in [0.4, 0.5) is 5.69 Å². The van der Waals surface area contributed by atoms with Crippen LogP contribution < -0.4 is 5.73 Å². The Bertz CT molecular complexity index is 429. The van der Waals surface area contributed by atoms with E-state index < -0.39 is 0 Å². The van der Waals surface area contributed by atoms with E-state index in [-0.39, 0.29) is 5.78 Å². The number of rotatable bonds is 2. The predicted octanol–water partition coefficient (Wildman–Crippen LogP) is 2.45. The zero-order chi connectivity index (χ0) is 11.3. The SMILES string of the molecule is CC(=O)c1ccc(C#CCCCl)c(N)c1. The lowest BCUT2D eigenvalue weighted by atomic mass is 10.1. The number of alkyl halides is 1. The molecule has 0 fully saturated rings. The van der Waals surface area contributed by atoms with Crippen LogP contribution in [0, 0.1) is 11.8 Å². The van der Waals surface area contributed by atoms with Crippen molar-refractivity contribution in [3.8, 4) is 11.8 Å². The highest BCUT2D eigenvalue weighted by atomic mass is 35.5. The van der Waals surface area contributed by atoms with Crippen LogP contribution in [0.2, 0.25) is 0 Å². The second-order valence-electron chi connectivity index (χ2n) is 3.10. The number of halogens is 1. The number of Topliss-reactive ketones (excluding diaryl/α,β-unsaturated/α-hetero) is 1. The molecule has 0 amide bonds. The summed E-state index contributed by atoms with van der Waals surface area (Å²) in [5, 5.41) is 0. The van der Waals surface area contributed by atoms with Crippen LogP contribution in [0.15, 0.2) is 18.2 Å². The Hall–Kier alpha value is -1.46. The molecule has 0 aliphatic carbocycles. The van der Waals surface area contributed by atoms with Crippen molar-refractivity contribution >= 4 is 23.1 Å². The highest BCUT2D eigenvalue weighted by Crippen LogP contribution is 2.13. The van der Waals surface area contributed by atoms with E-state index in [1.165, 1.54) is 6.92 Å². The van der Waals surface area contributed by atoms with E-state index >= 15 is 0 Å². The minimum Gasteiger partial charge on any atom is -0.398 e. The molecule has 1 aromatic rings. The van der Waals surface area contributed by atoms with Gasteiger partial charge in [-0.05, 0) is 19.1 Å². The number of benzene rings is 1. The molecule has 0 spiro atoms. The lowest BCUT2D eigenvalue weighted by Gasteiger charge is -2.00. The van der Waals surface area contributed by atoms with Crippen LogP contribution in [-0.2, 0) is 0 Å². The number of nitrogen functional groups attached to an aromatic ring is 1. The Morgan fingerprint density at radius 2 is 2.27 bits per heavy atom. The molecule has 0 saturated heterocycles. The van der Waals surface area contributed by atoms with Gasteiger partial charge < -0.3 is 5.73 Å². The molecule has 78 valence electrons. The van der Waals surface area contributed by atoms with Gasteiger partial charge in [-0.2, -0.15) is 0 Å². The molecule has 15 heavy (non-hydrogen) atoms. The van der Waals surface area contributed by atoms with E-state index in [0.29, 0.717) is 23.6 Å². The van der Waals surface area contributed by atoms with E-state index in [1.54, 1.807) is 18.2 Å². The Kier molecular flexibility index (Phi) is 4.20. The highest BCUT2D eigenvalue weighted by Gasteiger charge is 2.01. The third kappa shape index (κ3) is 3.30. The maximum atomic E-state index is 11.1. The summed E-state index contributed by atoms with van der Waals surface area (Å²) in [5.41, 5.74) is 7.63. The standard InChI is InChI=1S/C12H12ClNO/c1-9(15)11-6-5-10(12(14)8-11)4-2-3-7-13/h5-6,8H,3,7,14H2,1H3. The number of hydrogen-bond acceptors (Lipinski definition) is 2. The van der Waals surface area contributed by atoms with Gasteiger partial charge in [-0.1, -0.05) is 17.9 Å². The number of carbonyl (C=O) groups excluding carboxylic acids is 1. The van der Waals surface area contributed by atoms with Crippen molar-refractivity contribution in [3.05, 3.63) is 29.3 Å². The molecule has 0 heterocycles. The Labute approximate surface area is 94.4 Å². The molecular weight excluding hydrogens is 210 g/mol. The summed E-state index contributed by atoms with van der Waals surface area (Å²) in [7, 11) is 0. The lowest BCUT2D eigenvalue weighted by Crippen LogP contribution is -1.96. The average Bonchev–Trinajstić information content (AvgIpc) is 2.20. The van der Waals surface area contributed by atoms with Crippen LogP contribution in [0.3, 0.4) is 0 Å². The van der Waals surface area contributed by atoms with Gasteiger partial charge in [0, 0.05) is 29.1 Å². The van der Waals surface area contributed by atoms with Crippen molar-refractivity contribution in [2.45, 2.75) is 13.3 Å². The van der Waals surface area contributed by atoms with Crippen molar-refractivity contribution < 1.29 is 4.79 Å². The van der Waals surface area contributed by atoms with Crippen LogP contribution in [-0.4, -0.2) is 11.7 Å². The van der Waals surface area contributed by atoms with Crippen molar-refractivity contribution in [2.75, 3.05) is 11.6 Å². The van der Waals surface area contributed by atoms with Crippen LogP contribution >= 0.6 is 11.6 Å². The highest BCUT2D eigenvalue weighted by molar-refractivity contribution is 6.18. The molecule has 1 aromatic carbocycles. The second kappa shape index (κ2) is 5.43. The second-order valence-corrected chi connectivity index (χ2v) is 3.48. The minimum absolute atomic E-state index is 0.00182. The van der Waals surface area contributed by atoms with Crippen LogP contribution in [0.1, 0.15) is 29.3 Å². The lowest BCUT2D eigenvalue weighted by molar-refractivity contribution is 0.101. The first-order valence-corrected chi connectivity index (χ1v) is 5.14. The average molecular weight is 222 g/mol. The van der Waals surface area contributed by atoms with Crippen LogP contribution in [0.25, 0.3) is 0 Å². The van der Waals surface area contributed by atoms with Crippen molar-refractivity contribution in [1.29, 1.82) is 0 Å². The normalized spacial score (nSPS) is 9.20. The van der Waals surface area contributed by atoms with Crippen molar-refractivity contribution in [2.24, 2.45) is 0 Å². The van der Waals surface area contributed by atoms with E-state index in [1.807, 2.05) is 0 Å². The Morgan fingerprint density at radius 1 is 1.53 bits per heavy atom. The number of anilines is 1. The van der Waals surface area contributed by atoms with Gasteiger partial charge in [-0.3, -0.25) is 4.79 Å². The van der Waals surface area contributed by atoms with Gasteiger partial charge in [-0.25, -0.2) is 0 Å². The largest absolute Gasteiger partial charge is 0.398 e. The molecule has 0 radical (unpaired) electrons.